The Hall–Kier alpha value is -3.29. The molecule has 2 rings (SSSR count). The van der Waals surface area contributed by atoms with E-state index in [0.29, 0.717) is 0 Å². The average molecular weight is 316 g/mol. The lowest BCUT2D eigenvalue weighted by molar-refractivity contribution is -0.385. The van der Waals surface area contributed by atoms with Crippen LogP contribution in [0.3, 0.4) is 0 Å². The van der Waals surface area contributed by atoms with Crippen LogP contribution in [0.15, 0.2) is 41.5 Å². The minimum atomic E-state index is -0.624. The van der Waals surface area contributed by atoms with Crippen LogP contribution in [0, 0.1) is 22.9 Å². The second-order valence-electron chi connectivity index (χ2n) is 4.64. The highest BCUT2D eigenvalue weighted by Gasteiger charge is 2.09. The van der Waals surface area contributed by atoms with Gasteiger partial charge in [0, 0.05) is 17.7 Å². The molecule has 1 N–H and O–H groups in total. The number of carbonyl (C=O) groups excluding carboxylic acids is 1. The van der Waals surface area contributed by atoms with Gasteiger partial charge in [0.05, 0.1) is 11.1 Å². The number of rotatable bonds is 4. The fraction of sp³-hybridized carbons (Fsp3) is 0.0667. The van der Waals surface area contributed by atoms with Gasteiger partial charge in [-0.15, -0.1) is 0 Å². The summed E-state index contributed by atoms with van der Waals surface area (Å²) in [5.74, 6) is -1.50. The predicted octanol–water partition coefficient (Wildman–Crippen LogP) is 1.88. The second kappa shape index (κ2) is 6.65. The molecular weight excluding hydrogens is 305 g/mol. The van der Waals surface area contributed by atoms with Crippen LogP contribution in [0.25, 0.3) is 0 Å². The van der Waals surface area contributed by atoms with Gasteiger partial charge in [0.2, 0.25) is 0 Å². The quantitative estimate of drug-likeness (QED) is 0.527. The zero-order valence-corrected chi connectivity index (χ0v) is 11.9. The Labute approximate surface area is 130 Å². The van der Waals surface area contributed by atoms with Crippen molar-refractivity contribution in [1.82, 2.24) is 5.43 Å². The number of amides is 1. The number of benzene rings is 2. The first-order chi connectivity index (χ1) is 10.9. The van der Waals surface area contributed by atoms with Crippen LogP contribution in [0.1, 0.15) is 21.5 Å². The van der Waals surface area contributed by atoms with Crippen molar-refractivity contribution in [2.75, 3.05) is 0 Å². The van der Waals surface area contributed by atoms with Crippen molar-refractivity contribution in [3.05, 3.63) is 69.0 Å². The zero-order valence-electron chi connectivity index (χ0n) is 11.9. The van der Waals surface area contributed by atoms with Crippen molar-refractivity contribution < 1.29 is 19.2 Å². The number of non-ortho nitro benzene ring substituents is 1. The molecule has 0 saturated heterocycles. The van der Waals surface area contributed by atoms with Crippen LogP contribution in [0.5, 0.6) is 5.75 Å². The summed E-state index contributed by atoms with van der Waals surface area (Å²) in [4.78, 5) is 21.9. The van der Waals surface area contributed by atoms with Crippen LogP contribution in [-0.2, 0) is 0 Å². The van der Waals surface area contributed by atoms with E-state index in [4.69, 9.17) is 0 Å². The Morgan fingerprint density at radius 3 is 2.57 bits per heavy atom. The molecule has 2 aromatic carbocycles. The van der Waals surface area contributed by atoms with Crippen molar-refractivity contribution >= 4 is 17.8 Å². The summed E-state index contributed by atoms with van der Waals surface area (Å²) in [7, 11) is 0. The first-order valence-corrected chi connectivity index (χ1v) is 6.43. The standard InChI is InChI=1S/C15H12FN3O4/c1-9-6-13(19(22)23)7-11(14(9)20)8-17-18-15(21)10-2-4-12(16)5-3-10/h2-8,20H,1H3,(H,18,21)/p-1/b17-8+. The molecule has 0 saturated carbocycles. The van der Waals surface area contributed by atoms with Crippen molar-refractivity contribution in [2.45, 2.75) is 6.92 Å². The van der Waals surface area contributed by atoms with E-state index in [1.54, 1.807) is 0 Å². The number of nitro benzene ring substituents is 1. The van der Waals surface area contributed by atoms with Crippen LogP contribution < -0.4 is 10.5 Å². The van der Waals surface area contributed by atoms with E-state index < -0.39 is 22.4 Å². The van der Waals surface area contributed by atoms with Crippen LogP contribution in [-0.4, -0.2) is 17.0 Å². The van der Waals surface area contributed by atoms with E-state index >= 15 is 0 Å². The summed E-state index contributed by atoms with van der Waals surface area (Å²) >= 11 is 0. The van der Waals surface area contributed by atoms with Crippen LogP contribution in [0.4, 0.5) is 10.1 Å². The Morgan fingerprint density at radius 1 is 1.30 bits per heavy atom. The summed E-state index contributed by atoms with van der Waals surface area (Å²) in [5.41, 5.74) is 2.28. The molecule has 1 amide bonds. The van der Waals surface area contributed by atoms with E-state index in [2.05, 4.69) is 10.5 Å². The molecule has 0 aromatic heterocycles. The molecule has 2 aromatic rings. The van der Waals surface area contributed by atoms with Crippen LogP contribution >= 0.6 is 0 Å². The first-order valence-electron chi connectivity index (χ1n) is 6.43. The van der Waals surface area contributed by atoms with Gasteiger partial charge in [-0.05, 0) is 36.8 Å². The summed E-state index contributed by atoms with van der Waals surface area (Å²) in [6, 6.07) is 7.03. The normalized spacial score (nSPS) is 10.7. The molecule has 0 aliphatic carbocycles. The van der Waals surface area contributed by atoms with Crippen LogP contribution in [0.2, 0.25) is 0 Å². The summed E-state index contributed by atoms with van der Waals surface area (Å²) in [6.45, 7) is 1.45. The van der Waals surface area contributed by atoms with Gasteiger partial charge in [-0.25, -0.2) is 9.82 Å². The lowest BCUT2D eigenvalue weighted by atomic mass is 10.1. The molecule has 23 heavy (non-hydrogen) atoms. The van der Waals surface area contributed by atoms with Gasteiger partial charge in [-0.1, -0.05) is 11.3 Å². The molecule has 0 aliphatic rings. The number of hydrogen-bond donors (Lipinski definition) is 1. The third-order valence-corrected chi connectivity index (χ3v) is 2.98. The number of nitrogens with zero attached hydrogens (tertiary/aromatic N) is 2. The van der Waals surface area contributed by atoms with Gasteiger partial charge in [0.15, 0.2) is 0 Å². The highest BCUT2D eigenvalue weighted by atomic mass is 19.1. The minimum absolute atomic E-state index is 0.0175. The topological polar surface area (TPSA) is 108 Å². The van der Waals surface area contributed by atoms with E-state index in [1.807, 2.05) is 0 Å². The molecule has 0 unspecified atom stereocenters. The van der Waals surface area contributed by atoms with Gasteiger partial charge in [0.1, 0.15) is 5.82 Å². The number of nitrogens with one attached hydrogen (secondary N) is 1. The van der Waals surface area contributed by atoms with Crippen molar-refractivity contribution in [2.24, 2.45) is 5.10 Å². The summed E-state index contributed by atoms with van der Waals surface area (Å²) in [6.07, 6.45) is 1.03. The van der Waals surface area contributed by atoms with E-state index in [-0.39, 0.29) is 22.4 Å². The van der Waals surface area contributed by atoms with Gasteiger partial charge in [0.25, 0.3) is 11.6 Å². The lowest BCUT2D eigenvalue weighted by Gasteiger charge is -2.13. The number of hydrogen-bond acceptors (Lipinski definition) is 5. The molecule has 118 valence electrons. The Bertz CT molecular complexity index is 788. The largest absolute Gasteiger partial charge is 0.872 e. The maximum atomic E-state index is 12.8. The lowest BCUT2D eigenvalue weighted by Crippen LogP contribution is -2.17. The van der Waals surface area contributed by atoms with Crippen molar-refractivity contribution in [3.8, 4) is 5.75 Å². The van der Waals surface area contributed by atoms with Gasteiger partial charge in [-0.3, -0.25) is 14.9 Å². The molecule has 0 bridgehead atoms. The molecular formula is C15H11FN3O4-. The SMILES string of the molecule is Cc1cc([N+](=O)[O-])cc(/C=N/NC(=O)c2ccc(F)cc2)c1[O-]. The molecule has 8 heteroatoms. The Morgan fingerprint density at radius 2 is 1.96 bits per heavy atom. The molecule has 0 aliphatic heterocycles. The van der Waals surface area contributed by atoms with Gasteiger partial charge in [-0.2, -0.15) is 5.10 Å². The maximum Gasteiger partial charge on any atom is 0.271 e. The number of carbonyl (C=O) groups is 1. The Kier molecular flexibility index (Phi) is 4.65. The molecule has 7 nitrogen and oxygen atoms in total. The average Bonchev–Trinajstić information content (AvgIpc) is 2.51. The first kappa shape index (κ1) is 16.1. The summed E-state index contributed by atoms with van der Waals surface area (Å²) in [5, 5.41) is 26.2. The number of hydrazone groups is 1. The molecule has 0 radical (unpaired) electrons. The maximum absolute atomic E-state index is 12.8. The monoisotopic (exact) mass is 316 g/mol. The third kappa shape index (κ3) is 3.88. The highest BCUT2D eigenvalue weighted by molar-refractivity contribution is 5.95. The number of nitro groups is 1. The molecule has 0 atom stereocenters. The third-order valence-electron chi connectivity index (χ3n) is 2.98. The molecule has 0 heterocycles. The smallest absolute Gasteiger partial charge is 0.271 e. The predicted molar refractivity (Wildman–Crippen MR) is 78.7 cm³/mol. The summed E-state index contributed by atoms with van der Waals surface area (Å²) < 4.78 is 12.8. The van der Waals surface area contributed by atoms with E-state index in [1.165, 1.54) is 19.1 Å². The van der Waals surface area contributed by atoms with Crippen molar-refractivity contribution in [3.63, 3.8) is 0 Å². The second-order valence-corrected chi connectivity index (χ2v) is 4.64. The van der Waals surface area contributed by atoms with E-state index in [0.717, 1.165) is 30.5 Å². The number of aryl methyl sites for hydroxylation is 1. The minimum Gasteiger partial charge on any atom is -0.872 e. The zero-order chi connectivity index (χ0) is 17.0. The number of halogens is 1. The fourth-order valence-electron chi connectivity index (χ4n) is 1.81. The Balaban J connectivity index is 2.15. The van der Waals surface area contributed by atoms with E-state index in [9.17, 15) is 24.4 Å². The van der Waals surface area contributed by atoms with Crippen molar-refractivity contribution in [1.29, 1.82) is 0 Å². The molecule has 0 spiro atoms. The fourth-order valence-corrected chi connectivity index (χ4v) is 1.81. The van der Waals surface area contributed by atoms with Gasteiger partial charge >= 0.3 is 0 Å². The molecule has 0 fully saturated rings. The highest BCUT2D eigenvalue weighted by Crippen LogP contribution is 2.24. The van der Waals surface area contributed by atoms with Gasteiger partial charge < -0.3 is 5.11 Å².